The molecule has 1 fully saturated rings. The van der Waals surface area contributed by atoms with Gasteiger partial charge in [0.25, 0.3) is 8.32 Å². The van der Waals surface area contributed by atoms with E-state index in [0.29, 0.717) is 0 Å². The molecule has 1 aliphatic heterocycles. The molecule has 0 unspecified atom stereocenters. The second kappa shape index (κ2) is 8.20. The molecule has 1 nitrogen and oxygen atoms in total. The summed E-state index contributed by atoms with van der Waals surface area (Å²) in [6.45, 7) is 4.75. The van der Waals surface area contributed by atoms with Crippen LogP contribution in [-0.4, -0.2) is 8.32 Å². The van der Waals surface area contributed by atoms with Crippen molar-refractivity contribution in [3.63, 3.8) is 0 Å². The van der Waals surface area contributed by atoms with Crippen molar-refractivity contribution in [2.24, 2.45) is 5.41 Å². The predicted molar refractivity (Wildman–Crippen MR) is 136 cm³/mol. The Morgan fingerprint density at radius 1 is 0.562 bits per heavy atom. The number of hydrogen-bond donors (Lipinski definition) is 0. The van der Waals surface area contributed by atoms with Gasteiger partial charge in [0.2, 0.25) is 0 Å². The Balaban J connectivity index is 1.82. The van der Waals surface area contributed by atoms with Gasteiger partial charge in [0.1, 0.15) is 5.60 Å². The summed E-state index contributed by atoms with van der Waals surface area (Å²) in [5, 5.41) is 2.69. The maximum atomic E-state index is 7.76. The second-order valence-corrected chi connectivity index (χ2v) is 13.0. The van der Waals surface area contributed by atoms with E-state index in [9.17, 15) is 0 Å². The summed E-state index contributed by atoms with van der Waals surface area (Å²) < 4.78 is 7.76. The molecule has 0 aromatic heterocycles. The lowest BCUT2D eigenvalue weighted by Crippen LogP contribution is -2.69. The summed E-state index contributed by atoms with van der Waals surface area (Å²) in [5.41, 5.74) is 1.86. The molecular weight excluding hydrogens is 404 g/mol. The summed E-state index contributed by atoms with van der Waals surface area (Å²) in [6, 6.07) is 44.7. The van der Waals surface area contributed by atoms with Gasteiger partial charge >= 0.3 is 0 Å². The molecule has 1 heterocycles. The highest BCUT2D eigenvalue weighted by Crippen LogP contribution is 2.56. The molecule has 5 rings (SSSR count). The Hall–Kier alpha value is -2.94. The Kier molecular flexibility index (Phi) is 5.36. The van der Waals surface area contributed by atoms with Crippen molar-refractivity contribution in [1.82, 2.24) is 0 Å². The van der Waals surface area contributed by atoms with E-state index in [4.69, 9.17) is 4.43 Å². The summed E-state index contributed by atoms with van der Waals surface area (Å²) in [7, 11) is -2.52. The molecular formula is C30H30OSi. The van der Waals surface area contributed by atoms with Gasteiger partial charge in [0.05, 0.1) is 0 Å². The molecule has 0 spiro atoms. The molecule has 2 heteroatoms. The van der Waals surface area contributed by atoms with E-state index in [-0.39, 0.29) is 5.41 Å². The zero-order valence-electron chi connectivity index (χ0n) is 18.9. The van der Waals surface area contributed by atoms with Crippen LogP contribution in [0.1, 0.15) is 31.4 Å². The van der Waals surface area contributed by atoms with Crippen molar-refractivity contribution in [3.8, 4) is 0 Å². The number of hydrogen-bond acceptors (Lipinski definition) is 1. The maximum absolute atomic E-state index is 7.76. The molecule has 0 radical (unpaired) electrons. The molecule has 160 valence electrons. The molecule has 0 N–H and O–H groups in total. The molecule has 0 bridgehead atoms. The van der Waals surface area contributed by atoms with E-state index < -0.39 is 13.9 Å². The fourth-order valence-corrected chi connectivity index (χ4v) is 10.2. The zero-order valence-corrected chi connectivity index (χ0v) is 19.9. The van der Waals surface area contributed by atoms with Crippen molar-refractivity contribution in [2.45, 2.75) is 31.9 Å². The van der Waals surface area contributed by atoms with Crippen LogP contribution in [-0.2, 0) is 10.0 Å². The van der Waals surface area contributed by atoms with Crippen molar-refractivity contribution >= 4 is 18.7 Å². The Bertz CT molecular complexity index is 1080. The van der Waals surface area contributed by atoms with Crippen LogP contribution in [0.5, 0.6) is 0 Å². The third kappa shape index (κ3) is 3.26. The lowest BCUT2D eigenvalue weighted by Gasteiger charge is -2.57. The van der Waals surface area contributed by atoms with Crippen LogP contribution in [0.25, 0.3) is 0 Å². The normalized spacial score (nSPS) is 18.7. The second-order valence-electron chi connectivity index (χ2n) is 9.46. The predicted octanol–water partition coefficient (Wildman–Crippen LogP) is 6.14. The smallest absolute Gasteiger partial charge is 0.257 e. The molecule has 0 atom stereocenters. The van der Waals surface area contributed by atoms with E-state index in [1.54, 1.807) is 0 Å². The molecule has 4 aromatic rings. The van der Waals surface area contributed by atoms with Gasteiger partial charge in [-0.05, 0) is 34.0 Å². The summed E-state index contributed by atoms with van der Waals surface area (Å²) in [5.74, 6) is 0. The average molecular weight is 435 g/mol. The van der Waals surface area contributed by atoms with E-state index >= 15 is 0 Å². The van der Waals surface area contributed by atoms with Gasteiger partial charge in [-0.2, -0.15) is 0 Å². The van der Waals surface area contributed by atoms with Crippen LogP contribution in [0.2, 0.25) is 6.04 Å². The number of rotatable bonds is 4. The van der Waals surface area contributed by atoms with Gasteiger partial charge in [0.15, 0.2) is 0 Å². The number of benzene rings is 4. The highest BCUT2D eigenvalue weighted by molar-refractivity contribution is 6.97. The van der Waals surface area contributed by atoms with Gasteiger partial charge in [-0.1, -0.05) is 135 Å². The Morgan fingerprint density at radius 2 is 0.938 bits per heavy atom. The molecule has 4 aromatic carbocycles. The fourth-order valence-electron chi connectivity index (χ4n) is 5.51. The SMILES string of the molecule is CC1(C)CC[Si](c2ccccc2)(c2ccccc2)OC1(c1ccccc1)c1ccccc1. The third-order valence-corrected chi connectivity index (χ3v) is 11.4. The van der Waals surface area contributed by atoms with Gasteiger partial charge < -0.3 is 4.43 Å². The van der Waals surface area contributed by atoms with Crippen molar-refractivity contribution in [2.75, 3.05) is 0 Å². The lowest BCUT2D eigenvalue weighted by molar-refractivity contribution is -0.0378. The first-order chi connectivity index (χ1) is 15.6. The van der Waals surface area contributed by atoms with E-state index in [1.807, 2.05) is 0 Å². The Labute approximate surface area is 192 Å². The summed E-state index contributed by atoms with van der Waals surface area (Å²) in [4.78, 5) is 0. The molecule has 32 heavy (non-hydrogen) atoms. The van der Waals surface area contributed by atoms with E-state index in [0.717, 1.165) is 12.5 Å². The zero-order chi connectivity index (χ0) is 22.1. The van der Waals surface area contributed by atoms with Crippen LogP contribution >= 0.6 is 0 Å². The van der Waals surface area contributed by atoms with Crippen molar-refractivity contribution in [3.05, 3.63) is 132 Å². The summed E-state index contributed by atoms with van der Waals surface area (Å²) in [6.07, 6.45) is 1.09. The highest BCUT2D eigenvalue weighted by Gasteiger charge is 2.59. The maximum Gasteiger partial charge on any atom is 0.257 e. The topological polar surface area (TPSA) is 9.23 Å². The quantitative estimate of drug-likeness (QED) is 0.351. The van der Waals surface area contributed by atoms with Crippen LogP contribution in [0.3, 0.4) is 0 Å². The monoisotopic (exact) mass is 434 g/mol. The molecule has 1 aliphatic rings. The van der Waals surface area contributed by atoms with Crippen LogP contribution in [0.15, 0.2) is 121 Å². The molecule has 0 amide bonds. The molecule has 0 aliphatic carbocycles. The third-order valence-electron chi connectivity index (χ3n) is 7.22. The van der Waals surface area contributed by atoms with E-state index in [1.165, 1.54) is 21.5 Å². The van der Waals surface area contributed by atoms with Crippen LogP contribution in [0.4, 0.5) is 0 Å². The largest absolute Gasteiger partial charge is 0.394 e. The first-order valence-corrected chi connectivity index (χ1v) is 13.6. The first-order valence-electron chi connectivity index (χ1n) is 11.5. The highest BCUT2D eigenvalue weighted by atomic mass is 28.4. The average Bonchev–Trinajstić information content (AvgIpc) is 2.86. The standard InChI is InChI=1S/C30H30OSi/c1-29(2)23-24-32(27-19-11-5-12-20-27,28-21-13-6-14-22-28)31-30(29,25-15-7-3-8-16-25)26-17-9-4-10-18-26/h3-22H,23-24H2,1-2H3. The molecule has 1 saturated heterocycles. The van der Waals surface area contributed by atoms with Gasteiger partial charge in [-0.25, -0.2) is 0 Å². The minimum Gasteiger partial charge on any atom is -0.394 e. The van der Waals surface area contributed by atoms with Gasteiger partial charge in [-0.15, -0.1) is 0 Å². The van der Waals surface area contributed by atoms with E-state index in [2.05, 4.69) is 135 Å². The van der Waals surface area contributed by atoms with Gasteiger partial charge in [0, 0.05) is 5.41 Å². The lowest BCUT2D eigenvalue weighted by atomic mass is 9.65. The Morgan fingerprint density at radius 3 is 1.34 bits per heavy atom. The minimum absolute atomic E-state index is 0.0736. The van der Waals surface area contributed by atoms with Crippen LogP contribution < -0.4 is 10.4 Å². The summed E-state index contributed by atoms with van der Waals surface area (Å²) >= 11 is 0. The van der Waals surface area contributed by atoms with Crippen molar-refractivity contribution < 1.29 is 4.43 Å². The van der Waals surface area contributed by atoms with Crippen molar-refractivity contribution in [1.29, 1.82) is 0 Å². The fraction of sp³-hybridized carbons (Fsp3) is 0.200. The minimum atomic E-state index is -2.52. The van der Waals surface area contributed by atoms with Gasteiger partial charge in [-0.3, -0.25) is 0 Å². The van der Waals surface area contributed by atoms with Crippen LogP contribution in [0, 0.1) is 5.41 Å². The molecule has 0 saturated carbocycles. The first kappa shape index (κ1) is 20.9.